The molecule has 0 radical (unpaired) electrons. The zero-order valence-electron chi connectivity index (χ0n) is 15.2. The number of benzene rings is 2. The summed E-state index contributed by atoms with van der Waals surface area (Å²) >= 11 is 7.35. The quantitative estimate of drug-likeness (QED) is 0.299. The van der Waals surface area contributed by atoms with Crippen molar-refractivity contribution in [1.29, 1.82) is 0 Å². The van der Waals surface area contributed by atoms with Gasteiger partial charge in [-0.2, -0.15) is 0 Å². The summed E-state index contributed by atoms with van der Waals surface area (Å²) in [6.45, 7) is 1.75. The summed E-state index contributed by atoms with van der Waals surface area (Å²) in [4.78, 5) is 28.0. The fourth-order valence-electron chi connectivity index (χ4n) is 2.50. The maximum atomic E-state index is 12.0. The average molecular weight is 416 g/mol. The Hall–Kier alpha value is -2.70. The van der Waals surface area contributed by atoms with E-state index in [9.17, 15) is 9.59 Å². The fraction of sp³-hybridized carbons (Fsp3) is 0.190. The third-order valence-electron chi connectivity index (χ3n) is 3.84. The highest BCUT2D eigenvalue weighted by Crippen LogP contribution is 2.25. The number of carbonyl (C=O) groups is 2. The normalized spacial score (nSPS) is 10.5. The van der Waals surface area contributed by atoms with Crippen LogP contribution in [0.2, 0.25) is 5.02 Å². The molecule has 144 valence electrons. The zero-order chi connectivity index (χ0) is 19.9. The lowest BCUT2D eigenvalue weighted by Crippen LogP contribution is -2.14. The summed E-state index contributed by atoms with van der Waals surface area (Å²) in [5, 5.41) is 3.33. The molecule has 0 spiro atoms. The number of thiazole rings is 1. The van der Waals surface area contributed by atoms with E-state index in [0.29, 0.717) is 22.0 Å². The SMILES string of the molecule is CC(=O)c1ccccc1OCCOC(=O)Cc1csc(-c2ccc(Cl)cc2)n1. The molecule has 7 heteroatoms. The van der Waals surface area contributed by atoms with Gasteiger partial charge in [-0.05, 0) is 31.2 Å². The van der Waals surface area contributed by atoms with Crippen molar-refractivity contribution < 1.29 is 19.1 Å². The molecule has 0 saturated heterocycles. The van der Waals surface area contributed by atoms with E-state index in [2.05, 4.69) is 4.98 Å². The first kappa shape index (κ1) is 20.0. The lowest BCUT2D eigenvalue weighted by Gasteiger charge is -2.09. The smallest absolute Gasteiger partial charge is 0.312 e. The zero-order valence-corrected chi connectivity index (χ0v) is 16.8. The van der Waals surface area contributed by atoms with Gasteiger partial charge in [0.2, 0.25) is 0 Å². The van der Waals surface area contributed by atoms with E-state index in [-0.39, 0.29) is 31.4 Å². The van der Waals surface area contributed by atoms with Crippen LogP contribution in [0.25, 0.3) is 10.6 Å². The number of aromatic nitrogens is 1. The second kappa shape index (κ2) is 9.48. The highest BCUT2D eigenvalue weighted by atomic mass is 35.5. The number of esters is 1. The van der Waals surface area contributed by atoms with Crippen molar-refractivity contribution in [2.45, 2.75) is 13.3 Å². The van der Waals surface area contributed by atoms with Gasteiger partial charge in [-0.25, -0.2) is 4.98 Å². The molecule has 28 heavy (non-hydrogen) atoms. The Bertz CT molecular complexity index is 969. The van der Waals surface area contributed by atoms with Crippen molar-refractivity contribution in [2.75, 3.05) is 13.2 Å². The van der Waals surface area contributed by atoms with Crippen LogP contribution >= 0.6 is 22.9 Å². The van der Waals surface area contributed by atoms with Crippen molar-refractivity contribution in [3.8, 4) is 16.3 Å². The molecule has 0 aliphatic carbocycles. The molecule has 1 aromatic heterocycles. The summed E-state index contributed by atoms with van der Waals surface area (Å²) in [5.41, 5.74) is 2.11. The summed E-state index contributed by atoms with van der Waals surface area (Å²) in [6, 6.07) is 14.4. The van der Waals surface area contributed by atoms with Gasteiger partial charge in [-0.15, -0.1) is 11.3 Å². The molecule has 3 aromatic rings. The molecule has 1 heterocycles. The molecule has 0 N–H and O–H groups in total. The van der Waals surface area contributed by atoms with Crippen LogP contribution in [-0.4, -0.2) is 30.0 Å². The van der Waals surface area contributed by atoms with Gasteiger partial charge in [-0.1, -0.05) is 35.9 Å². The lowest BCUT2D eigenvalue weighted by molar-refractivity contribution is -0.143. The Morgan fingerprint density at radius 1 is 1.07 bits per heavy atom. The fourth-order valence-corrected chi connectivity index (χ4v) is 3.45. The Morgan fingerprint density at radius 3 is 2.57 bits per heavy atom. The lowest BCUT2D eigenvalue weighted by atomic mass is 10.1. The molecule has 0 aliphatic rings. The topological polar surface area (TPSA) is 65.5 Å². The molecule has 0 atom stereocenters. The Kier molecular flexibility index (Phi) is 6.79. The number of para-hydroxylation sites is 1. The van der Waals surface area contributed by atoms with Crippen molar-refractivity contribution >= 4 is 34.7 Å². The Balaban J connectivity index is 1.46. The number of hydrogen-bond donors (Lipinski definition) is 0. The minimum Gasteiger partial charge on any atom is -0.489 e. The predicted octanol–water partition coefficient (Wildman–Crippen LogP) is 4.83. The van der Waals surface area contributed by atoms with E-state index in [1.807, 2.05) is 17.5 Å². The van der Waals surface area contributed by atoms with E-state index >= 15 is 0 Å². The minimum atomic E-state index is -0.378. The molecule has 3 rings (SSSR count). The van der Waals surface area contributed by atoms with Crippen LogP contribution in [-0.2, 0) is 16.0 Å². The number of rotatable bonds is 8. The van der Waals surface area contributed by atoms with E-state index < -0.39 is 0 Å². The molecule has 0 bridgehead atoms. The third-order valence-corrected chi connectivity index (χ3v) is 5.03. The van der Waals surface area contributed by atoms with Crippen LogP contribution in [0.4, 0.5) is 0 Å². The van der Waals surface area contributed by atoms with Crippen LogP contribution in [0.5, 0.6) is 5.75 Å². The summed E-state index contributed by atoms with van der Waals surface area (Å²) in [5.74, 6) is 0.0298. The van der Waals surface area contributed by atoms with Gasteiger partial charge in [0.1, 0.15) is 24.0 Å². The van der Waals surface area contributed by atoms with Gasteiger partial charge in [-0.3, -0.25) is 9.59 Å². The average Bonchev–Trinajstić information content (AvgIpc) is 3.14. The number of ether oxygens (including phenoxy) is 2. The highest BCUT2D eigenvalue weighted by Gasteiger charge is 2.11. The Labute approximate surface area is 171 Å². The number of hydrogen-bond acceptors (Lipinski definition) is 6. The van der Waals surface area contributed by atoms with Crippen LogP contribution in [0.3, 0.4) is 0 Å². The number of Topliss-reactive ketones (excluding diaryl/α,β-unsaturated/α-hetero) is 1. The number of ketones is 1. The van der Waals surface area contributed by atoms with Gasteiger partial charge >= 0.3 is 5.97 Å². The van der Waals surface area contributed by atoms with Gasteiger partial charge < -0.3 is 9.47 Å². The highest BCUT2D eigenvalue weighted by molar-refractivity contribution is 7.13. The van der Waals surface area contributed by atoms with Crippen LogP contribution in [0.15, 0.2) is 53.9 Å². The number of carbonyl (C=O) groups excluding carboxylic acids is 2. The largest absolute Gasteiger partial charge is 0.489 e. The van der Waals surface area contributed by atoms with E-state index in [0.717, 1.165) is 10.6 Å². The molecule has 0 fully saturated rings. The van der Waals surface area contributed by atoms with Crippen LogP contribution in [0, 0.1) is 0 Å². The first-order valence-electron chi connectivity index (χ1n) is 8.61. The van der Waals surface area contributed by atoms with E-state index in [4.69, 9.17) is 21.1 Å². The maximum absolute atomic E-state index is 12.0. The number of nitrogens with zero attached hydrogens (tertiary/aromatic N) is 1. The predicted molar refractivity (Wildman–Crippen MR) is 109 cm³/mol. The standard InChI is InChI=1S/C21H18ClNO4S/c1-14(24)18-4-2-3-5-19(18)26-10-11-27-20(25)12-17-13-28-21(23-17)15-6-8-16(22)9-7-15/h2-9,13H,10-12H2,1H3. The van der Waals surface area contributed by atoms with Gasteiger partial charge in [0.15, 0.2) is 5.78 Å². The summed E-state index contributed by atoms with van der Waals surface area (Å²) in [6.07, 6.45) is 0.0914. The van der Waals surface area contributed by atoms with Crippen molar-refractivity contribution in [3.05, 3.63) is 70.2 Å². The van der Waals surface area contributed by atoms with Gasteiger partial charge in [0, 0.05) is 16.0 Å². The molecule has 0 unspecified atom stereocenters. The van der Waals surface area contributed by atoms with Crippen molar-refractivity contribution in [2.24, 2.45) is 0 Å². The van der Waals surface area contributed by atoms with E-state index in [1.165, 1.54) is 18.3 Å². The minimum absolute atomic E-state index is 0.0763. The van der Waals surface area contributed by atoms with Gasteiger partial charge in [0.05, 0.1) is 17.7 Å². The molecule has 0 amide bonds. The molecule has 2 aromatic carbocycles. The van der Waals surface area contributed by atoms with Crippen molar-refractivity contribution in [1.82, 2.24) is 4.98 Å². The second-order valence-electron chi connectivity index (χ2n) is 5.95. The number of halogens is 1. The van der Waals surface area contributed by atoms with Crippen LogP contribution < -0.4 is 4.74 Å². The molecule has 0 saturated carbocycles. The van der Waals surface area contributed by atoms with Gasteiger partial charge in [0.25, 0.3) is 0 Å². The summed E-state index contributed by atoms with van der Waals surface area (Å²) in [7, 11) is 0. The molecular formula is C21H18ClNO4S. The third kappa shape index (κ3) is 5.41. The van der Waals surface area contributed by atoms with Crippen LogP contribution in [0.1, 0.15) is 23.0 Å². The summed E-state index contributed by atoms with van der Waals surface area (Å²) < 4.78 is 10.7. The molecular weight excluding hydrogens is 398 g/mol. The molecule has 5 nitrogen and oxygen atoms in total. The van der Waals surface area contributed by atoms with E-state index in [1.54, 1.807) is 36.4 Å². The monoisotopic (exact) mass is 415 g/mol. The van der Waals surface area contributed by atoms with Crippen molar-refractivity contribution in [3.63, 3.8) is 0 Å². The second-order valence-corrected chi connectivity index (χ2v) is 7.24. The maximum Gasteiger partial charge on any atom is 0.312 e. The molecule has 0 aliphatic heterocycles. The first-order valence-corrected chi connectivity index (χ1v) is 9.87. The first-order chi connectivity index (χ1) is 13.5. The Morgan fingerprint density at radius 2 is 1.82 bits per heavy atom.